The fourth-order valence-electron chi connectivity index (χ4n) is 0. The molecule has 0 aromatic rings. The van der Waals surface area contributed by atoms with Gasteiger partial charge in [0.15, 0.2) is 0 Å². The zero-order valence-electron chi connectivity index (χ0n) is 12.3. The van der Waals surface area contributed by atoms with Crippen LogP contribution in [0.3, 0.4) is 0 Å². The van der Waals surface area contributed by atoms with Crippen molar-refractivity contribution >= 4 is 20.2 Å². The van der Waals surface area contributed by atoms with Crippen LogP contribution in [0.2, 0.25) is 0 Å². The monoisotopic (exact) mass is 360 g/mol. The van der Waals surface area contributed by atoms with Crippen LogP contribution in [0.25, 0.3) is 0 Å². The molecule has 0 amide bonds. The molecule has 0 aliphatic rings. The van der Waals surface area contributed by atoms with Gasteiger partial charge in [-0.25, -0.2) is 8.78 Å². The molecule has 21 heavy (non-hydrogen) atoms. The van der Waals surface area contributed by atoms with E-state index in [0.29, 0.717) is 0 Å². The van der Waals surface area contributed by atoms with Crippen molar-refractivity contribution in [3.63, 3.8) is 0 Å². The number of aliphatic hydroxyl groups excluding tert-OH is 2. The smallest absolute Gasteiger partial charge is 0.299 e. The van der Waals surface area contributed by atoms with E-state index in [-0.39, 0.29) is 6.61 Å². The molecular formula is C9H22F2O8S2. The zero-order valence-corrected chi connectivity index (χ0v) is 13.9. The minimum absolute atomic E-state index is 0.139. The first-order valence-corrected chi connectivity index (χ1v) is 8.26. The summed E-state index contributed by atoms with van der Waals surface area (Å²) in [5, 5.41) is 10.9. The Morgan fingerprint density at radius 2 is 1.00 bits per heavy atom. The summed E-state index contributed by atoms with van der Waals surface area (Å²) in [5.74, 6) is 0. The summed E-state index contributed by atoms with van der Waals surface area (Å²) in [7, 11) is -9.01. The minimum atomic E-state index is -4.51. The van der Waals surface area contributed by atoms with Gasteiger partial charge in [0.1, 0.15) is 0 Å². The molecule has 0 aromatic heterocycles. The predicted molar refractivity (Wildman–Crippen MR) is 72.2 cm³/mol. The van der Waals surface area contributed by atoms with Crippen molar-refractivity contribution < 1.29 is 44.9 Å². The molecule has 12 heteroatoms. The molecule has 0 spiro atoms. The molecule has 0 rings (SSSR count). The van der Waals surface area contributed by atoms with E-state index in [0.717, 1.165) is 27.7 Å². The van der Waals surface area contributed by atoms with Gasteiger partial charge in [-0.1, -0.05) is 0 Å². The number of halogens is 2. The molecule has 0 aliphatic heterocycles. The fraction of sp³-hybridized carbons (Fsp3) is 1.00. The molecule has 132 valence electrons. The van der Waals surface area contributed by atoms with Gasteiger partial charge in [-0.05, 0) is 34.6 Å². The van der Waals surface area contributed by atoms with Crippen LogP contribution in [-0.4, -0.2) is 58.9 Å². The highest BCUT2D eigenvalue weighted by atomic mass is 32.2. The van der Waals surface area contributed by atoms with Crippen LogP contribution in [0.15, 0.2) is 0 Å². The van der Waals surface area contributed by atoms with Crippen LogP contribution < -0.4 is 0 Å². The Hall–Kier alpha value is -0.400. The van der Waals surface area contributed by atoms with E-state index in [4.69, 9.17) is 19.3 Å². The minimum Gasteiger partial charge on any atom is -0.394 e. The van der Waals surface area contributed by atoms with E-state index in [1.807, 2.05) is 0 Å². The molecule has 0 bridgehead atoms. The van der Waals surface area contributed by atoms with E-state index in [9.17, 15) is 25.6 Å². The molecule has 0 aliphatic carbocycles. The molecule has 4 N–H and O–H groups in total. The first kappa shape index (κ1) is 25.5. The molecule has 8 nitrogen and oxygen atoms in total. The summed E-state index contributed by atoms with van der Waals surface area (Å²) in [5.41, 5.74) is 0. The van der Waals surface area contributed by atoms with E-state index >= 15 is 0 Å². The Morgan fingerprint density at radius 1 is 0.905 bits per heavy atom. The second-order valence-corrected chi connectivity index (χ2v) is 8.55. The van der Waals surface area contributed by atoms with Gasteiger partial charge >= 0.3 is 0 Å². The number of hydrogen-bond acceptors (Lipinski definition) is 6. The topological polar surface area (TPSA) is 149 Å². The average molecular weight is 360 g/mol. The van der Waals surface area contributed by atoms with Crippen molar-refractivity contribution in [3.05, 3.63) is 0 Å². The van der Waals surface area contributed by atoms with E-state index < -0.39 is 36.3 Å². The second-order valence-electron chi connectivity index (χ2n) is 4.71. The molecule has 0 saturated heterocycles. The first-order chi connectivity index (χ1) is 8.77. The maximum absolute atomic E-state index is 12.1. The lowest BCUT2D eigenvalue weighted by atomic mass is 10.5. The highest BCUT2D eigenvalue weighted by Crippen LogP contribution is 2.15. The van der Waals surface area contributed by atoms with Crippen LogP contribution in [0.5, 0.6) is 0 Å². The molecule has 0 radical (unpaired) electrons. The van der Waals surface area contributed by atoms with Gasteiger partial charge in [0.2, 0.25) is 10.0 Å². The molecule has 0 saturated carbocycles. The molecule has 1 atom stereocenters. The molecule has 0 fully saturated rings. The maximum Gasteiger partial charge on any atom is 0.299 e. The fourth-order valence-corrected chi connectivity index (χ4v) is 0. The van der Waals surface area contributed by atoms with Crippen molar-refractivity contribution in [1.29, 1.82) is 0 Å². The normalized spacial score (nSPS) is 14.2. The quantitative estimate of drug-likeness (QED) is 0.532. The lowest BCUT2D eigenvalue weighted by Gasteiger charge is -2.07. The average Bonchev–Trinajstić information content (AvgIpc) is 2.12. The van der Waals surface area contributed by atoms with Crippen LogP contribution >= 0.6 is 0 Å². The van der Waals surface area contributed by atoms with Gasteiger partial charge in [0.25, 0.3) is 20.2 Å². The van der Waals surface area contributed by atoms with Crippen molar-refractivity contribution in [2.75, 3.05) is 6.61 Å². The largest absolute Gasteiger partial charge is 0.394 e. The predicted octanol–water partition coefficient (Wildman–Crippen LogP) is 0.519. The maximum atomic E-state index is 12.1. The van der Waals surface area contributed by atoms with Gasteiger partial charge < -0.3 is 10.2 Å². The van der Waals surface area contributed by atoms with Gasteiger partial charge in [0.05, 0.1) is 12.7 Å². The Labute approximate surface area is 123 Å². The van der Waals surface area contributed by atoms with Gasteiger partial charge in [-0.3, -0.25) is 9.11 Å². The summed E-state index contributed by atoms with van der Waals surface area (Å²) in [4.78, 5) is 0. The van der Waals surface area contributed by atoms with Gasteiger partial charge in [-0.15, -0.1) is 0 Å². The highest BCUT2D eigenvalue weighted by Gasteiger charge is 2.32. The third kappa shape index (κ3) is 15.8. The van der Waals surface area contributed by atoms with E-state index in [1.165, 1.54) is 6.92 Å². The lowest BCUT2D eigenvalue weighted by molar-refractivity contribution is 0.110. The first-order valence-electron chi connectivity index (χ1n) is 5.38. The van der Waals surface area contributed by atoms with Crippen molar-refractivity contribution in [2.24, 2.45) is 0 Å². The van der Waals surface area contributed by atoms with Gasteiger partial charge in [-0.2, -0.15) is 16.8 Å². The van der Waals surface area contributed by atoms with E-state index in [1.54, 1.807) is 0 Å². The SMILES string of the molecule is CC(C)(F)S(=O)(=O)O.CC(C)(F)S(=O)(=O)O.CC(O)CO. The number of aliphatic hydroxyl groups is 2. The summed E-state index contributed by atoms with van der Waals surface area (Å²) >= 11 is 0. The van der Waals surface area contributed by atoms with Gasteiger partial charge in [0, 0.05) is 0 Å². The standard InChI is InChI=1S/2C3H7FO3S.C3H8O2/c2*1-3(2,4)8(5,6)7;1-3(5)2-4/h2*1-2H3,(H,5,6,7);3-5H,2H2,1H3. The molecular weight excluding hydrogens is 338 g/mol. The third-order valence-corrected chi connectivity index (χ3v) is 3.94. The summed E-state index contributed by atoms with van der Waals surface area (Å²) in [6.45, 7) is 4.45. The van der Waals surface area contributed by atoms with Crippen molar-refractivity contribution in [1.82, 2.24) is 0 Å². The summed E-state index contributed by atoms with van der Waals surface area (Å²) in [6, 6.07) is 0. The lowest BCUT2D eigenvalue weighted by Crippen LogP contribution is -2.24. The van der Waals surface area contributed by atoms with Crippen LogP contribution in [0.1, 0.15) is 34.6 Å². The van der Waals surface area contributed by atoms with Crippen molar-refractivity contribution in [2.45, 2.75) is 50.7 Å². The number of rotatable bonds is 3. The van der Waals surface area contributed by atoms with Crippen LogP contribution in [-0.2, 0) is 20.2 Å². The Morgan fingerprint density at radius 3 is 1.00 bits per heavy atom. The summed E-state index contributed by atoms with van der Waals surface area (Å²) < 4.78 is 79.4. The second kappa shape index (κ2) is 8.90. The Bertz CT molecular complexity index is 429. The Balaban J connectivity index is -0.000000239. The molecule has 0 heterocycles. The Kier molecular flexibility index (Phi) is 10.8. The number of hydrogen-bond donors (Lipinski definition) is 4. The van der Waals surface area contributed by atoms with Crippen molar-refractivity contribution in [3.8, 4) is 0 Å². The summed E-state index contributed by atoms with van der Waals surface area (Å²) in [6.07, 6.45) is -0.560. The zero-order chi connectivity index (χ0) is 18.3. The number of alkyl halides is 2. The highest BCUT2D eigenvalue weighted by molar-refractivity contribution is 7.87. The molecule has 0 aromatic carbocycles. The van der Waals surface area contributed by atoms with Crippen LogP contribution in [0, 0.1) is 0 Å². The van der Waals surface area contributed by atoms with E-state index in [2.05, 4.69) is 0 Å². The third-order valence-electron chi connectivity index (χ3n) is 1.49. The van der Waals surface area contributed by atoms with Crippen LogP contribution in [0.4, 0.5) is 8.78 Å². The molecule has 1 unspecified atom stereocenters.